The van der Waals surface area contributed by atoms with Gasteiger partial charge in [-0.25, -0.2) is 0 Å². The molecule has 1 unspecified atom stereocenters. The number of ether oxygens (including phenoxy) is 3. The molecule has 0 heterocycles. The predicted molar refractivity (Wildman–Crippen MR) is 98.4 cm³/mol. The zero-order chi connectivity index (χ0) is 18.6. The Morgan fingerprint density at radius 1 is 0.960 bits per heavy atom. The lowest BCUT2D eigenvalue weighted by molar-refractivity contribution is 0.0936. The summed E-state index contributed by atoms with van der Waals surface area (Å²) in [6.07, 6.45) is 0. The molecule has 5 nitrogen and oxygen atoms in total. The third-order valence-electron chi connectivity index (χ3n) is 3.73. The van der Waals surface area contributed by atoms with Crippen molar-refractivity contribution in [2.75, 3.05) is 21.3 Å². The van der Waals surface area contributed by atoms with E-state index in [1.807, 2.05) is 6.92 Å². The van der Waals surface area contributed by atoms with Crippen LogP contribution < -0.4 is 19.5 Å². The molecule has 7 heteroatoms. The smallest absolute Gasteiger partial charge is 0.255 e. The lowest BCUT2D eigenvalue weighted by Gasteiger charge is -2.18. The number of carbonyl (C=O) groups excluding carboxylic acids is 1. The maximum absolute atomic E-state index is 12.7. The number of carbonyl (C=O) groups is 1. The topological polar surface area (TPSA) is 56.8 Å². The van der Waals surface area contributed by atoms with Crippen LogP contribution in [-0.4, -0.2) is 27.2 Å². The van der Waals surface area contributed by atoms with Gasteiger partial charge in [0.15, 0.2) is 11.5 Å². The van der Waals surface area contributed by atoms with Gasteiger partial charge in [-0.15, -0.1) is 0 Å². The van der Waals surface area contributed by atoms with E-state index in [0.717, 1.165) is 5.56 Å². The monoisotopic (exact) mass is 383 g/mol. The van der Waals surface area contributed by atoms with E-state index < -0.39 is 0 Å². The second-order valence-electron chi connectivity index (χ2n) is 5.27. The first-order valence-electron chi connectivity index (χ1n) is 7.47. The molecule has 0 aliphatic rings. The van der Waals surface area contributed by atoms with Crippen molar-refractivity contribution in [3.05, 3.63) is 51.5 Å². The van der Waals surface area contributed by atoms with Crippen LogP contribution >= 0.6 is 23.2 Å². The highest BCUT2D eigenvalue weighted by Crippen LogP contribution is 2.35. The first-order valence-corrected chi connectivity index (χ1v) is 8.22. The van der Waals surface area contributed by atoms with Gasteiger partial charge in [-0.05, 0) is 24.6 Å². The average Bonchev–Trinajstić information content (AvgIpc) is 2.60. The molecule has 0 aliphatic carbocycles. The standard InChI is InChI=1S/C18H19Cl2NO4/c1-10(12-6-5-11(19)7-14(12)20)21-18(22)13-8-16(24-3)17(25-4)9-15(13)23-2/h5-10H,1-4H3,(H,21,22). The molecule has 1 amide bonds. The van der Waals surface area contributed by atoms with Crippen molar-refractivity contribution in [3.63, 3.8) is 0 Å². The van der Waals surface area contributed by atoms with Crippen LogP contribution in [0.1, 0.15) is 28.9 Å². The minimum atomic E-state index is -0.324. The van der Waals surface area contributed by atoms with E-state index in [4.69, 9.17) is 37.4 Å². The maximum Gasteiger partial charge on any atom is 0.255 e. The quantitative estimate of drug-likeness (QED) is 0.796. The van der Waals surface area contributed by atoms with Gasteiger partial charge in [0.2, 0.25) is 0 Å². The summed E-state index contributed by atoms with van der Waals surface area (Å²) >= 11 is 12.1. The van der Waals surface area contributed by atoms with Crippen molar-refractivity contribution >= 4 is 29.1 Å². The molecule has 0 aromatic heterocycles. The number of amides is 1. The molecule has 0 aliphatic heterocycles. The molecule has 0 saturated heterocycles. The number of nitrogens with one attached hydrogen (secondary N) is 1. The summed E-state index contributed by atoms with van der Waals surface area (Å²) in [6.45, 7) is 1.83. The van der Waals surface area contributed by atoms with E-state index in [-0.39, 0.29) is 11.9 Å². The van der Waals surface area contributed by atoms with Gasteiger partial charge in [-0.1, -0.05) is 29.3 Å². The SMILES string of the molecule is COc1cc(OC)c(C(=O)NC(C)c2ccc(Cl)cc2Cl)cc1OC. The van der Waals surface area contributed by atoms with Gasteiger partial charge in [-0.2, -0.15) is 0 Å². The lowest BCUT2D eigenvalue weighted by Crippen LogP contribution is -2.27. The Hall–Kier alpha value is -2.11. The van der Waals surface area contributed by atoms with E-state index in [1.54, 1.807) is 30.3 Å². The van der Waals surface area contributed by atoms with Crippen LogP contribution in [0.2, 0.25) is 10.0 Å². The molecule has 2 aromatic carbocycles. The molecular weight excluding hydrogens is 365 g/mol. The summed E-state index contributed by atoms with van der Waals surface area (Å²) in [6, 6.07) is 7.99. The van der Waals surface area contributed by atoms with Crippen LogP contribution in [-0.2, 0) is 0 Å². The van der Waals surface area contributed by atoms with Crippen LogP contribution in [0, 0.1) is 0 Å². The molecular formula is C18H19Cl2NO4. The highest BCUT2D eigenvalue weighted by molar-refractivity contribution is 6.35. The largest absolute Gasteiger partial charge is 0.496 e. The fourth-order valence-electron chi connectivity index (χ4n) is 2.41. The number of rotatable bonds is 6. The number of hydrogen-bond acceptors (Lipinski definition) is 4. The second kappa shape index (κ2) is 8.32. The Bertz CT molecular complexity index is 780. The fraction of sp³-hybridized carbons (Fsp3) is 0.278. The van der Waals surface area contributed by atoms with Crippen LogP contribution in [0.25, 0.3) is 0 Å². The van der Waals surface area contributed by atoms with Gasteiger partial charge in [0, 0.05) is 22.2 Å². The van der Waals surface area contributed by atoms with Crippen molar-refractivity contribution in [2.45, 2.75) is 13.0 Å². The van der Waals surface area contributed by atoms with Gasteiger partial charge in [0.25, 0.3) is 5.91 Å². The first kappa shape index (κ1) is 19.2. The Kier molecular flexibility index (Phi) is 6.39. The molecule has 1 atom stereocenters. The highest BCUT2D eigenvalue weighted by Gasteiger charge is 2.20. The van der Waals surface area contributed by atoms with Crippen molar-refractivity contribution in [3.8, 4) is 17.2 Å². The average molecular weight is 384 g/mol. The van der Waals surface area contributed by atoms with E-state index in [9.17, 15) is 4.79 Å². The number of hydrogen-bond donors (Lipinski definition) is 1. The molecule has 134 valence electrons. The van der Waals surface area contributed by atoms with E-state index >= 15 is 0 Å². The van der Waals surface area contributed by atoms with E-state index in [1.165, 1.54) is 21.3 Å². The van der Waals surface area contributed by atoms with E-state index in [2.05, 4.69) is 5.32 Å². The maximum atomic E-state index is 12.7. The molecule has 0 saturated carbocycles. The summed E-state index contributed by atoms with van der Waals surface area (Å²) in [5, 5.41) is 3.92. The Labute approximate surface area is 156 Å². The highest BCUT2D eigenvalue weighted by atomic mass is 35.5. The molecule has 1 N–H and O–H groups in total. The third-order valence-corrected chi connectivity index (χ3v) is 4.29. The normalized spacial score (nSPS) is 11.6. The Morgan fingerprint density at radius 3 is 2.12 bits per heavy atom. The summed E-state index contributed by atoms with van der Waals surface area (Å²) in [5.74, 6) is 0.969. The Balaban J connectivity index is 2.30. The molecule has 0 bridgehead atoms. The van der Waals surface area contributed by atoms with Gasteiger partial charge in [0.05, 0.1) is 32.9 Å². The van der Waals surface area contributed by atoms with Gasteiger partial charge in [-0.3, -0.25) is 4.79 Å². The Morgan fingerprint density at radius 2 is 1.56 bits per heavy atom. The van der Waals surface area contributed by atoms with Crippen LogP contribution in [0.5, 0.6) is 17.2 Å². The molecule has 2 rings (SSSR count). The van der Waals surface area contributed by atoms with E-state index in [0.29, 0.717) is 32.9 Å². The second-order valence-corrected chi connectivity index (χ2v) is 6.11. The zero-order valence-corrected chi connectivity index (χ0v) is 15.9. The van der Waals surface area contributed by atoms with Crippen LogP contribution in [0.3, 0.4) is 0 Å². The number of halogens is 2. The summed E-state index contributed by atoms with van der Waals surface area (Å²) in [4.78, 5) is 12.7. The van der Waals surface area contributed by atoms with Crippen LogP contribution in [0.15, 0.2) is 30.3 Å². The van der Waals surface area contributed by atoms with Crippen molar-refractivity contribution in [2.24, 2.45) is 0 Å². The van der Waals surface area contributed by atoms with Crippen molar-refractivity contribution in [1.82, 2.24) is 5.32 Å². The van der Waals surface area contributed by atoms with Crippen molar-refractivity contribution in [1.29, 1.82) is 0 Å². The molecule has 0 spiro atoms. The first-order chi connectivity index (χ1) is 11.9. The minimum Gasteiger partial charge on any atom is -0.496 e. The molecule has 2 aromatic rings. The predicted octanol–water partition coefficient (Wildman–Crippen LogP) is 4.51. The van der Waals surface area contributed by atoms with Gasteiger partial charge in [0.1, 0.15) is 5.75 Å². The van der Waals surface area contributed by atoms with Crippen LogP contribution in [0.4, 0.5) is 0 Å². The van der Waals surface area contributed by atoms with Gasteiger partial charge < -0.3 is 19.5 Å². The van der Waals surface area contributed by atoms with Crippen molar-refractivity contribution < 1.29 is 19.0 Å². The minimum absolute atomic E-state index is 0.323. The summed E-state index contributed by atoms with van der Waals surface area (Å²) in [7, 11) is 4.50. The molecule has 0 fully saturated rings. The van der Waals surface area contributed by atoms with Gasteiger partial charge >= 0.3 is 0 Å². The molecule has 25 heavy (non-hydrogen) atoms. The zero-order valence-electron chi connectivity index (χ0n) is 14.4. The summed E-state index contributed by atoms with van der Waals surface area (Å²) in [5.41, 5.74) is 1.09. The number of methoxy groups -OCH3 is 3. The molecule has 0 radical (unpaired) electrons. The summed E-state index contributed by atoms with van der Waals surface area (Å²) < 4.78 is 15.8. The fourth-order valence-corrected chi connectivity index (χ4v) is 2.98. The third kappa shape index (κ3) is 4.30. The lowest BCUT2D eigenvalue weighted by atomic mass is 10.1. The number of benzene rings is 2.